The fraction of sp³-hybridized carbons (Fsp3) is 1.00. The first kappa shape index (κ1) is 13.5. The highest BCUT2D eigenvalue weighted by Gasteiger charge is 2.20. The lowest BCUT2D eigenvalue weighted by molar-refractivity contribution is 0.0454. The summed E-state index contributed by atoms with van der Waals surface area (Å²) >= 11 is -0.876. The summed E-state index contributed by atoms with van der Waals surface area (Å²) in [6, 6.07) is 0. The Hall–Kier alpha value is 0.452. The molecule has 2 nitrogen and oxygen atoms in total. The summed E-state index contributed by atoms with van der Waals surface area (Å²) in [5.74, 6) is 0. The van der Waals surface area contributed by atoms with Gasteiger partial charge in [-0.3, -0.25) is 4.90 Å². The lowest BCUT2D eigenvalue weighted by Gasteiger charge is -2.29. The molecule has 0 aliphatic carbocycles. The Morgan fingerprint density at radius 2 is 1.54 bits per heavy atom. The van der Waals surface area contributed by atoms with Crippen LogP contribution in [-0.2, 0) is 3.79 Å². The first-order chi connectivity index (χ1) is 6.19. The monoisotopic (exact) mass is 201 g/mol. The second-order valence-electron chi connectivity index (χ2n) is 3.40. The van der Waals surface area contributed by atoms with Gasteiger partial charge in [0.2, 0.25) is 0 Å². The Balaban J connectivity index is 3.87. The quantitative estimate of drug-likeness (QED) is 0.464. The minimum Gasteiger partial charge on any atom is -0.487 e. The summed E-state index contributed by atoms with van der Waals surface area (Å²) < 4.78 is 6.06. The minimum atomic E-state index is -0.876. The van der Waals surface area contributed by atoms with Crippen LogP contribution in [0.25, 0.3) is 0 Å². The van der Waals surface area contributed by atoms with Gasteiger partial charge in [-0.15, -0.1) is 0 Å². The third kappa shape index (κ3) is 5.03. The normalized spacial score (nSPS) is 13.4. The molecule has 0 N–H and O–H groups in total. The molecule has 0 aromatic rings. The van der Waals surface area contributed by atoms with E-state index in [0.29, 0.717) is 6.23 Å². The summed E-state index contributed by atoms with van der Waals surface area (Å²) in [7, 11) is 0. The van der Waals surface area contributed by atoms with Crippen molar-refractivity contribution in [2.75, 3.05) is 13.1 Å². The van der Waals surface area contributed by atoms with Crippen LogP contribution in [0.3, 0.4) is 0 Å². The van der Waals surface area contributed by atoms with Gasteiger partial charge in [-0.2, -0.15) is 0 Å². The van der Waals surface area contributed by atoms with Crippen LogP contribution < -0.4 is 0 Å². The maximum absolute atomic E-state index is 6.06. The maximum Gasteiger partial charge on any atom is 0.461 e. The van der Waals surface area contributed by atoms with E-state index in [1.807, 2.05) is 0 Å². The van der Waals surface area contributed by atoms with Gasteiger partial charge < -0.3 is 3.79 Å². The van der Waals surface area contributed by atoms with E-state index in [2.05, 4.69) is 39.5 Å². The Bertz CT molecular complexity index is 113. The van der Waals surface area contributed by atoms with Crippen molar-refractivity contribution in [1.29, 1.82) is 0 Å². The molecule has 0 aromatic carbocycles. The van der Waals surface area contributed by atoms with E-state index >= 15 is 0 Å². The Morgan fingerprint density at radius 3 is 1.85 bits per heavy atom. The molecule has 1 atom stereocenters. The molecule has 0 fully saturated rings. The van der Waals surface area contributed by atoms with Gasteiger partial charge >= 0.3 is 14.5 Å². The van der Waals surface area contributed by atoms with Gasteiger partial charge in [0.15, 0.2) is 0 Å². The van der Waals surface area contributed by atoms with Gasteiger partial charge in [0.25, 0.3) is 0 Å². The Kier molecular flexibility index (Phi) is 8.09. The van der Waals surface area contributed by atoms with E-state index in [1.54, 1.807) is 0 Å². The lowest BCUT2D eigenvalue weighted by atomic mass is 10.5. The Labute approximate surface area is 88.0 Å². The van der Waals surface area contributed by atoms with Crippen LogP contribution in [0.15, 0.2) is 0 Å². The second-order valence-corrected chi connectivity index (χ2v) is 6.54. The van der Waals surface area contributed by atoms with Gasteiger partial charge in [-0.25, -0.2) is 0 Å². The summed E-state index contributed by atoms with van der Waals surface area (Å²) in [6.07, 6.45) is 0.326. The molecule has 13 heavy (non-hydrogen) atoms. The van der Waals surface area contributed by atoms with Crippen LogP contribution in [0.4, 0.5) is 0 Å². The molecule has 1 unspecified atom stereocenters. The van der Waals surface area contributed by atoms with Crippen molar-refractivity contribution >= 4 is 14.5 Å². The molecule has 0 saturated carbocycles. The van der Waals surface area contributed by atoms with Crippen LogP contribution in [0.1, 0.15) is 34.6 Å². The largest absolute Gasteiger partial charge is 0.487 e. The number of hydrogen-bond donors (Lipinski definition) is 0. The molecule has 0 aromatic heterocycles. The zero-order valence-corrected chi connectivity index (χ0v) is 11.0. The SMILES string of the molecule is CCN(CC)C(C)[O][Al]([CH2]C)[CH2]C. The topological polar surface area (TPSA) is 12.5 Å². The first-order valence-electron chi connectivity index (χ1n) is 5.58. The van der Waals surface area contributed by atoms with E-state index in [4.69, 9.17) is 3.79 Å². The van der Waals surface area contributed by atoms with Crippen molar-refractivity contribution in [2.24, 2.45) is 0 Å². The smallest absolute Gasteiger partial charge is 0.461 e. The van der Waals surface area contributed by atoms with E-state index in [0.717, 1.165) is 13.1 Å². The zero-order chi connectivity index (χ0) is 10.3. The predicted octanol–water partition coefficient (Wildman–Crippen LogP) is 2.72. The molecule has 78 valence electrons. The van der Waals surface area contributed by atoms with Crippen LogP contribution in [0.5, 0.6) is 0 Å². The average Bonchev–Trinajstić information content (AvgIpc) is 2.16. The molecule has 0 rings (SSSR count). The number of nitrogens with zero attached hydrogens (tertiary/aromatic N) is 1. The highest BCUT2D eigenvalue weighted by Crippen LogP contribution is 2.07. The fourth-order valence-corrected chi connectivity index (χ4v) is 3.27. The summed E-state index contributed by atoms with van der Waals surface area (Å²) in [5, 5.41) is 2.50. The molecule has 0 aliphatic rings. The first-order valence-corrected chi connectivity index (χ1v) is 7.69. The van der Waals surface area contributed by atoms with Crippen molar-refractivity contribution in [3.05, 3.63) is 0 Å². The molecular weight excluding hydrogens is 177 g/mol. The average molecular weight is 201 g/mol. The van der Waals surface area contributed by atoms with Gasteiger partial charge in [0, 0.05) is 0 Å². The number of hydrogen-bond acceptors (Lipinski definition) is 2. The molecule has 3 heteroatoms. The summed E-state index contributed by atoms with van der Waals surface area (Å²) in [4.78, 5) is 2.37. The van der Waals surface area contributed by atoms with E-state index < -0.39 is 14.5 Å². The Morgan fingerprint density at radius 1 is 1.08 bits per heavy atom. The van der Waals surface area contributed by atoms with Gasteiger partial charge in [0.1, 0.15) is 0 Å². The van der Waals surface area contributed by atoms with Gasteiger partial charge in [-0.05, 0) is 20.0 Å². The summed E-state index contributed by atoms with van der Waals surface area (Å²) in [5.41, 5.74) is 0. The molecule has 0 bridgehead atoms. The van der Waals surface area contributed by atoms with Crippen LogP contribution in [0.2, 0.25) is 10.6 Å². The zero-order valence-electron chi connectivity index (χ0n) is 9.84. The maximum atomic E-state index is 6.06. The third-order valence-corrected chi connectivity index (χ3v) is 5.23. The molecular formula is C10H24AlNO. The molecule has 0 saturated heterocycles. The van der Waals surface area contributed by atoms with Crippen LogP contribution >= 0.6 is 0 Å². The fourth-order valence-electron chi connectivity index (χ4n) is 1.58. The standard InChI is InChI=1S/C6H14NO.2C2H5.Al/c1-4-7(5-2)6(3)8;2*1-2;/h6H,4-5H2,1-3H3;2*1H2,2H3;/q-1;;;+1. The molecule has 0 amide bonds. The van der Waals surface area contributed by atoms with Crippen molar-refractivity contribution in [3.8, 4) is 0 Å². The van der Waals surface area contributed by atoms with Gasteiger partial charge in [0.05, 0.1) is 6.23 Å². The van der Waals surface area contributed by atoms with Crippen LogP contribution in [0, 0.1) is 0 Å². The van der Waals surface area contributed by atoms with Crippen LogP contribution in [-0.4, -0.2) is 38.7 Å². The van der Waals surface area contributed by atoms with E-state index in [-0.39, 0.29) is 0 Å². The van der Waals surface area contributed by atoms with Crippen molar-refractivity contribution in [1.82, 2.24) is 4.90 Å². The highest BCUT2D eigenvalue weighted by atomic mass is 27.2. The molecule has 0 spiro atoms. The molecule has 0 radical (unpaired) electrons. The van der Waals surface area contributed by atoms with Gasteiger partial charge in [-0.1, -0.05) is 38.3 Å². The lowest BCUT2D eigenvalue weighted by Crippen LogP contribution is -2.38. The number of rotatable bonds is 7. The highest BCUT2D eigenvalue weighted by molar-refractivity contribution is 6.51. The predicted molar refractivity (Wildman–Crippen MR) is 60.2 cm³/mol. The van der Waals surface area contributed by atoms with E-state index in [9.17, 15) is 0 Å². The van der Waals surface area contributed by atoms with Crippen molar-refractivity contribution < 1.29 is 3.79 Å². The van der Waals surface area contributed by atoms with Crippen molar-refractivity contribution in [2.45, 2.75) is 51.4 Å². The van der Waals surface area contributed by atoms with E-state index in [1.165, 1.54) is 10.6 Å². The third-order valence-electron chi connectivity index (χ3n) is 2.63. The summed E-state index contributed by atoms with van der Waals surface area (Å²) in [6.45, 7) is 13.2. The van der Waals surface area contributed by atoms with Crippen molar-refractivity contribution in [3.63, 3.8) is 0 Å². The molecule has 0 aliphatic heterocycles. The molecule has 0 heterocycles. The minimum absolute atomic E-state index is 0.326. The second kappa shape index (κ2) is 7.82.